The lowest BCUT2D eigenvalue weighted by Crippen LogP contribution is -2.23. The number of nitrogens with zero attached hydrogens (tertiary/aromatic N) is 2. The third-order valence-electron chi connectivity index (χ3n) is 3.86. The number of rotatable bonds is 3. The van der Waals surface area contributed by atoms with E-state index >= 15 is 0 Å². The lowest BCUT2D eigenvalue weighted by molar-refractivity contribution is 0.560. The summed E-state index contributed by atoms with van der Waals surface area (Å²) in [6, 6.07) is 5.49. The summed E-state index contributed by atoms with van der Waals surface area (Å²) in [5, 5.41) is 7.25. The van der Waals surface area contributed by atoms with Crippen molar-refractivity contribution in [2.45, 2.75) is 32.2 Å². The number of aryl methyl sites for hydroxylation is 1. The maximum atomic E-state index is 14.0. The van der Waals surface area contributed by atoms with Crippen molar-refractivity contribution < 1.29 is 8.78 Å². The smallest absolute Gasteiger partial charge is 0.151 e. The highest BCUT2D eigenvalue weighted by molar-refractivity contribution is 5.45. The molecule has 0 unspecified atom stereocenters. The Balaban J connectivity index is 1.94. The summed E-state index contributed by atoms with van der Waals surface area (Å²) in [6.07, 6.45) is 2.64. The van der Waals surface area contributed by atoms with Gasteiger partial charge in [0.05, 0.1) is 6.04 Å². The van der Waals surface area contributed by atoms with Crippen LogP contribution in [0.1, 0.15) is 37.1 Å². The van der Waals surface area contributed by atoms with Gasteiger partial charge in [-0.25, -0.2) is 8.78 Å². The van der Waals surface area contributed by atoms with Gasteiger partial charge in [-0.15, -0.1) is 0 Å². The van der Waals surface area contributed by atoms with Crippen LogP contribution in [-0.4, -0.2) is 16.7 Å². The standard InChI is InChI=1S/C15H17F2N3/c1-2-11-9-15(19-18-11)20-7-3-4-14(20)12-8-10(16)5-6-13(12)17/h5-6,8-9,14H,2-4,7H2,1H3,(H,18,19)/t14-/m1/s1. The lowest BCUT2D eigenvalue weighted by atomic mass is 10.0. The molecule has 0 radical (unpaired) electrons. The summed E-state index contributed by atoms with van der Waals surface area (Å²) in [5.74, 6) is 0.0621. The molecule has 20 heavy (non-hydrogen) atoms. The van der Waals surface area contributed by atoms with Crippen LogP contribution >= 0.6 is 0 Å². The van der Waals surface area contributed by atoms with Crippen LogP contribution in [0.4, 0.5) is 14.6 Å². The molecule has 2 heterocycles. The first kappa shape index (κ1) is 13.1. The zero-order valence-electron chi connectivity index (χ0n) is 11.4. The maximum absolute atomic E-state index is 14.0. The highest BCUT2D eigenvalue weighted by Crippen LogP contribution is 2.36. The Morgan fingerprint density at radius 2 is 2.20 bits per heavy atom. The second-order valence-electron chi connectivity index (χ2n) is 5.12. The van der Waals surface area contributed by atoms with Crippen LogP contribution in [0.3, 0.4) is 0 Å². The number of hydrogen-bond acceptors (Lipinski definition) is 2. The predicted octanol–water partition coefficient (Wildman–Crippen LogP) is 3.59. The molecule has 1 atom stereocenters. The second-order valence-corrected chi connectivity index (χ2v) is 5.12. The molecular weight excluding hydrogens is 260 g/mol. The summed E-state index contributed by atoms with van der Waals surface area (Å²) in [6.45, 7) is 2.86. The molecule has 1 aliphatic heterocycles. The second kappa shape index (κ2) is 5.23. The van der Waals surface area contributed by atoms with Crippen molar-refractivity contribution in [3.05, 3.63) is 47.2 Å². The van der Waals surface area contributed by atoms with Crippen LogP contribution in [0.25, 0.3) is 0 Å². The first-order valence-corrected chi connectivity index (χ1v) is 6.95. The number of nitrogens with one attached hydrogen (secondary N) is 1. The molecule has 1 aromatic heterocycles. The van der Waals surface area contributed by atoms with Gasteiger partial charge in [0, 0.05) is 23.9 Å². The summed E-state index contributed by atoms with van der Waals surface area (Å²) >= 11 is 0. The van der Waals surface area contributed by atoms with E-state index in [1.54, 1.807) is 0 Å². The van der Waals surface area contributed by atoms with Gasteiger partial charge in [0.2, 0.25) is 0 Å². The van der Waals surface area contributed by atoms with Crippen molar-refractivity contribution >= 4 is 5.82 Å². The monoisotopic (exact) mass is 277 g/mol. The van der Waals surface area contributed by atoms with E-state index in [1.165, 1.54) is 12.1 Å². The molecule has 5 heteroatoms. The fourth-order valence-electron chi connectivity index (χ4n) is 2.81. The van der Waals surface area contributed by atoms with E-state index < -0.39 is 5.82 Å². The van der Waals surface area contributed by atoms with Crippen LogP contribution in [-0.2, 0) is 6.42 Å². The van der Waals surface area contributed by atoms with Gasteiger partial charge in [-0.2, -0.15) is 5.10 Å². The van der Waals surface area contributed by atoms with Crippen molar-refractivity contribution in [2.75, 3.05) is 11.4 Å². The minimum atomic E-state index is -0.399. The number of H-pyrrole nitrogens is 1. The van der Waals surface area contributed by atoms with E-state index in [9.17, 15) is 8.78 Å². The number of anilines is 1. The van der Waals surface area contributed by atoms with E-state index in [2.05, 4.69) is 10.2 Å². The molecule has 0 bridgehead atoms. The molecule has 1 aromatic carbocycles. The van der Waals surface area contributed by atoms with E-state index in [-0.39, 0.29) is 11.9 Å². The van der Waals surface area contributed by atoms with Crippen LogP contribution in [0, 0.1) is 11.6 Å². The molecule has 3 rings (SSSR count). The molecule has 0 aliphatic carbocycles. The summed E-state index contributed by atoms with van der Waals surface area (Å²) in [5.41, 5.74) is 1.47. The normalized spacial score (nSPS) is 18.8. The minimum Gasteiger partial charge on any atom is -0.348 e. The molecule has 1 saturated heterocycles. The average molecular weight is 277 g/mol. The number of benzene rings is 1. The highest BCUT2D eigenvalue weighted by Gasteiger charge is 2.30. The minimum absolute atomic E-state index is 0.140. The summed E-state index contributed by atoms with van der Waals surface area (Å²) < 4.78 is 27.3. The first-order chi connectivity index (χ1) is 9.69. The van der Waals surface area contributed by atoms with Gasteiger partial charge >= 0.3 is 0 Å². The highest BCUT2D eigenvalue weighted by atomic mass is 19.1. The molecule has 0 amide bonds. The van der Waals surface area contributed by atoms with Gasteiger partial charge in [-0.3, -0.25) is 5.10 Å². The van der Waals surface area contributed by atoms with Crippen molar-refractivity contribution in [3.8, 4) is 0 Å². The third-order valence-corrected chi connectivity index (χ3v) is 3.86. The number of aromatic nitrogens is 2. The van der Waals surface area contributed by atoms with E-state index in [1.807, 2.05) is 17.9 Å². The molecule has 1 N–H and O–H groups in total. The van der Waals surface area contributed by atoms with Crippen molar-refractivity contribution in [3.63, 3.8) is 0 Å². The molecule has 1 fully saturated rings. The third kappa shape index (κ3) is 2.28. The van der Waals surface area contributed by atoms with Gasteiger partial charge in [-0.05, 0) is 37.5 Å². The molecule has 1 aliphatic rings. The van der Waals surface area contributed by atoms with E-state index in [0.717, 1.165) is 43.4 Å². The SMILES string of the molecule is CCc1cc(N2CCC[C@@H]2c2cc(F)ccc2F)n[nH]1. The zero-order chi connectivity index (χ0) is 14.1. The Hall–Kier alpha value is -1.91. The van der Waals surface area contributed by atoms with Crippen molar-refractivity contribution in [1.82, 2.24) is 10.2 Å². The topological polar surface area (TPSA) is 31.9 Å². The van der Waals surface area contributed by atoms with Crippen molar-refractivity contribution in [1.29, 1.82) is 0 Å². The lowest BCUT2D eigenvalue weighted by Gasteiger charge is -2.25. The fraction of sp³-hybridized carbons (Fsp3) is 0.400. The van der Waals surface area contributed by atoms with Crippen LogP contribution in [0.2, 0.25) is 0 Å². The van der Waals surface area contributed by atoms with Crippen molar-refractivity contribution in [2.24, 2.45) is 0 Å². The van der Waals surface area contributed by atoms with Gasteiger partial charge < -0.3 is 4.90 Å². The Morgan fingerprint density at radius 1 is 1.35 bits per heavy atom. The molecule has 106 valence electrons. The van der Waals surface area contributed by atoms with Gasteiger partial charge in [0.25, 0.3) is 0 Å². The Kier molecular flexibility index (Phi) is 3.42. The zero-order valence-corrected chi connectivity index (χ0v) is 11.4. The first-order valence-electron chi connectivity index (χ1n) is 6.95. The Morgan fingerprint density at radius 3 is 2.95 bits per heavy atom. The number of aromatic amines is 1. The van der Waals surface area contributed by atoms with Gasteiger partial charge in [0.15, 0.2) is 5.82 Å². The largest absolute Gasteiger partial charge is 0.348 e. The number of hydrogen-bond donors (Lipinski definition) is 1. The summed E-state index contributed by atoms with van der Waals surface area (Å²) in [4.78, 5) is 2.05. The summed E-state index contributed by atoms with van der Waals surface area (Å²) in [7, 11) is 0. The Bertz CT molecular complexity index is 609. The quantitative estimate of drug-likeness (QED) is 0.929. The fourth-order valence-corrected chi connectivity index (χ4v) is 2.81. The predicted molar refractivity (Wildman–Crippen MR) is 73.6 cm³/mol. The van der Waals surface area contributed by atoms with Gasteiger partial charge in [0.1, 0.15) is 11.6 Å². The average Bonchev–Trinajstić information content (AvgIpc) is 3.08. The van der Waals surface area contributed by atoms with Crippen LogP contribution < -0.4 is 4.90 Å². The van der Waals surface area contributed by atoms with E-state index in [0.29, 0.717) is 5.56 Å². The molecule has 2 aromatic rings. The van der Waals surface area contributed by atoms with Crippen LogP contribution in [0.5, 0.6) is 0 Å². The maximum Gasteiger partial charge on any atom is 0.151 e. The Labute approximate surface area is 116 Å². The molecule has 3 nitrogen and oxygen atoms in total. The molecule has 0 spiro atoms. The van der Waals surface area contributed by atoms with Gasteiger partial charge in [-0.1, -0.05) is 6.92 Å². The van der Waals surface area contributed by atoms with Crippen LogP contribution in [0.15, 0.2) is 24.3 Å². The molecule has 0 saturated carbocycles. The molecular formula is C15H17F2N3. The number of halogens is 2. The van der Waals surface area contributed by atoms with E-state index in [4.69, 9.17) is 0 Å².